The van der Waals surface area contributed by atoms with Crippen molar-refractivity contribution in [3.05, 3.63) is 41.5 Å². The summed E-state index contributed by atoms with van der Waals surface area (Å²) in [6.07, 6.45) is 0. The molecule has 0 amide bonds. The molecule has 5 nitrogen and oxygen atoms in total. The second-order valence-corrected chi connectivity index (χ2v) is 5.43. The maximum Gasteiger partial charge on any atom is 0.241 e. The maximum absolute atomic E-state index is 12.8. The minimum Gasteiger partial charge on any atom is -0.236 e. The van der Waals surface area contributed by atoms with Crippen molar-refractivity contribution in [2.45, 2.75) is 18.7 Å². The quantitative estimate of drug-likeness (QED) is 0.892. The summed E-state index contributed by atoms with van der Waals surface area (Å²) in [5, 5.41) is 9.24. The molecule has 0 aliphatic heterocycles. The van der Waals surface area contributed by atoms with Crippen LogP contribution in [0.3, 0.4) is 0 Å². The molecule has 0 bridgehead atoms. The molecule has 2 rings (SSSR count). The highest BCUT2D eigenvalue weighted by molar-refractivity contribution is 7.89. The zero-order chi connectivity index (χ0) is 13.5. The average molecular weight is 269 g/mol. The van der Waals surface area contributed by atoms with E-state index in [1.165, 1.54) is 28.9 Å². The number of nitrogens with zero attached hydrogens (tertiary/aromatic N) is 2. The normalized spacial score (nSPS) is 11.8. The fourth-order valence-corrected chi connectivity index (χ4v) is 2.82. The Balaban J connectivity index is 2.65. The number of nitrogens with two attached hydrogens (primary N) is 1. The number of aromatic nitrogens is 2. The topological polar surface area (TPSA) is 78.0 Å². The minimum absolute atomic E-state index is 0.00632. The van der Waals surface area contributed by atoms with Crippen LogP contribution in [0.5, 0.6) is 0 Å². The van der Waals surface area contributed by atoms with Crippen molar-refractivity contribution in [3.63, 3.8) is 0 Å². The molecule has 1 heterocycles. The van der Waals surface area contributed by atoms with Crippen molar-refractivity contribution < 1.29 is 12.8 Å². The number of hydrogen-bond acceptors (Lipinski definition) is 3. The van der Waals surface area contributed by atoms with Crippen LogP contribution in [-0.2, 0) is 10.0 Å². The van der Waals surface area contributed by atoms with E-state index >= 15 is 0 Å². The molecule has 0 fully saturated rings. The van der Waals surface area contributed by atoms with Crippen LogP contribution < -0.4 is 5.14 Å². The molecule has 18 heavy (non-hydrogen) atoms. The van der Waals surface area contributed by atoms with Gasteiger partial charge in [0.05, 0.1) is 17.1 Å². The van der Waals surface area contributed by atoms with Crippen molar-refractivity contribution in [3.8, 4) is 5.69 Å². The van der Waals surface area contributed by atoms with E-state index in [0.717, 1.165) is 0 Å². The first-order valence-corrected chi connectivity index (χ1v) is 6.70. The molecule has 0 radical (unpaired) electrons. The Morgan fingerprint density at radius 2 is 1.78 bits per heavy atom. The lowest BCUT2D eigenvalue weighted by Crippen LogP contribution is -2.14. The zero-order valence-electron chi connectivity index (χ0n) is 9.88. The average Bonchev–Trinajstić information content (AvgIpc) is 2.54. The zero-order valence-corrected chi connectivity index (χ0v) is 10.7. The van der Waals surface area contributed by atoms with E-state index in [-0.39, 0.29) is 10.7 Å². The highest BCUT2D eigenvalue weighted by Gasteiger charge is 2.21. The van der Waals surface area contributed by atoms with Gasteiger partial charge in [-0.3, -0.25) is 0 Å². The van der Waals surface area contributed by atoms with Crippen LogP contribution in [0.25, 0.3) is 5.69 Å². The van der Waals surface area contributed by atoms with Crippen molar-refractivity contribution in [2.75, 3.05) is 0 Å². The molecule has 0 unspecified atom stereocenters. The monoisotopic (exact) mass is 269 g/mol. The van der Waals surface area contributed by atoms with Gasteiger partial charge in [-0.25, -0.2) is 22.6 Å². The van der Waals surface area contributed by atoms with Crippen LogP contribution >= 0.6 is 0 Å². The van der Waals surface area contributed by atoms with E-state index in [2.05, 4.69) is 5.10 Å². The van der Waals surface area contributed by atoms with E-state index in [9.17, 15) is 12.8 Å². The first-order chi connectivity index (χ1) is 8.30. The van der Waals surface area contributed by atoms with E-state index in [0.29, 0.717) is 17.1 Å². The van der Waals surface area contributed by atoms with Crippen LogP contribution in [0.15, 0.2) is 29.2 Å². The first-order valence-electron chi connectivity index (χ1n) is 5.15. The van der Waals surface area contributed by atoms with Gasteiger partial charge >= 0.3 is 0 Å². The number of hydrogen-bond donors (Lipinski definition) is 1. The largest absolute Gasteiger partial charge is 0.241 e. The Hall–Kier alpha value is -1.73. The summed E-state index contributed by atoms with van der Waals surface area (Å²) in [5.74, 6) is -0.369. The maximum atomic E-state index is 12.8. The van der Waals surface area contributed by atoms with Gasteiger partial charge < -0.3 is 0 Å². The molecule has 2 N–H and O–H groups in total. The van der Waals surface area contributed by atoms with Gasteiger partial charge in [-0.1, -0.05) is 0 Å². The molecular formula is C11H12FN3O2S. The van der Waals surface area contributed by atoms with E-state index in [1.807, 2.05) is 0 Å². The van der Waals surface area contributed by atoms with Crippen molar-refractivity contribution in [1.82, 2.24) is 9.78 Å². The highest BCUT2D eigenvalue weighted by Crippen LogP contribution is 2.21. The third-order valence-corrected chi connectivity index (χ3v) is 3.74. The molecule has 0 aliphatic rings. The Morgan fingerprint density at radius 3 is 2.22 bits per heavy atom. The highest BCUT2D eigenvalue weighted by atomic mass is 32.2. The van der Waals surface area contributed by atoms with Crippen LogP contribution in [0, 0.1) is 19.7 Å². The van der Waals surface area contributed by atoms with E-state index in [4.69, 9.17) is 5.14 Å². The Bertz CT molecular complexity index is 690. The van der Waals surface area contributed by atoms with Gasteiger partial charge in [0.25, 0.3) is 0 Å². The van der Waals surface area contributed by atoms with Gasteiger partial charge in [-0.05, 0) is 38.1 Å². The first kappa shape index (κ1) is 12.7. The van der Waals surface area contributed by atoms with Gasteiger partial charge in [0.1, 0.15) is 10.7 Å². The summed E-state index contributed by atoms with van der Waals surface area (Å²) in [6, 6.07) is 5.59. The molecule has 0 saturated heterocycles. The fourth-order valence-electron chi connectivity index (χ4n) is 1.87. The molecule has 7 heteroatoms. The smallest absolute Gasteiger partial charge is 0.236 e. The number of sulfonamides is 1. The summed E-state index contributed by atoms with van der Waals surface area (Å²) < 4.78 is 37.1. The predicted octanol–water partition coefficient (Wildman–Crippen LogP) is 1.28. The fraction of sp³-hybridized carbons (Fsp3) is 0.182. The van der Waals surface area contributed by atoms with Crippen LogP contribution in [0.2, 0.25) is 0 Å². The summed E-state index contributed by atoms with van der Waals surface area (Å²) in [7, 11) is -3.82. The molecule has 0 spiro atoms. The molecule has 2 aromatic rings. The van der Waals surface area contributed by atoms with Crippen molar-refractivity contribution in [1.29, 1.82) is 0 Å². The number of aryl methyl sites for hydroxylation is 1. The lowest BCUT2D eigenvalue weighted by Gasteiger charge is -2.04. The molecule has 96 valence electrons. The van der Waals surface area contributed by atoms with Gasteiger partial charge in [0.15, 0.2) is 0 Å². The minimum atomic E-state index is -3.82. The van der Waals surface area contributed by atoms with Gasteiger partial charge in [0, 0.05) is 0 Å². The van der Waals surface area contributed by atoms with Crippen molar-refractivity contribution >= 4 is 10.0 Å². The Kier molecular flexibility index (Phi) is 2.95. The Labute approximate surface area is 104 Å². The number of rotatable bonds is 2. The van der Waals surface area contributed by atoms with Crippen LogP contribution in [0.4, 0.5) is 4.39 Å². The number of benzene rings is 1. The lowest BCUT2D eigenvalue weighted by atomic mass is 10.3. The third-order valence-electron chi connectivity index (χ3n) is 2.58. The number of primary sulfonamides is 1. The van der Waals surface area contributed by atoms with Gasteiger partial charge in [-0.2, -0.15) is 5.10 Å². The summed E-state index contributed by atoms with van der Waals surface area (Å²) >= 11 is 0. The molecule has 1 aromatic heterocycles. The van der Waals surface area contributed by atoms with Gasteiger partial charge in [-0.15, -0.1) is 0 Å². The molecular weight excluding hydrogens is 257 g/mol. The summed E-state index contributed by atoms with van der Waals surface area (Å²) in [5.41, 5.74) is 1.30. The predicted molar refractivity (Wildman–Crippen MR) is 64.4 cm³/mol. The molecule has 0 aliphatic carbocycles. The van der Waals surface area contributed by atoms with E-state index < -0.39 is 10.0 Å². The Morgan fingerprint density at radius 1 is 1.22 bits per heavy atom. The molecule has 1 aromatic carbocycles. The standard InChI is InChI=1S/C11H12FN3O2S/c1-7-11(18(13,16)17)8(2)15(14-7)10-5-3-9(12)4-6-10/h3-6H,1-2H3,(H2,13,16,17). The molecule has 0 saturated carbocycles. The second kappa shape index (κ2) is 4.18. The lowest BCUT2D eigenvalue weighted by molar-refractivity contribution is 0.596. The SMILES string of the molecule is Cc1nn(-c2ccc(F)cc2)c(C)c1S(N)(=O)=O. The third kappa shape index (κ3) is 2.14. The molecule has 0 atom stereocenters. The van der Waals surface area contributed by atoms with Gasteiger partial charge in [0.2, 0.25) is 10.0 Å². The van der Waals surface area contributed by atoms with Crippen molar-refractivity contribution in [2.24, 2.45) is 5.14 Å². The number of halogens is 1. The van der Waals surface area contributed by atoms with E-state index in [1.54, 1.807) is 13.8 Å². The summed E-state index contributed by atoms with van der Waals surface area (Å²) in [4.78, 5) is 0.00632. The summed E-state index contributed by atoms with van der Waals surface area (Å²) in [6.45, 7) is 3.16. The van der Waals surface area contributed by atoms with Crippen LogP contribution in [0.1, 0.15) is 11.4 Å². The second-order valence-electron chi connectivity index (χ2n) is 3.93. The van der Waals surface area contributed by atoms with Crippen LogP contribution in [-0.4, -0.2) is 18.2 Å².